The summed E-state index contributed by atoms with van der Waals surface area (Å²) >= 11 is 0. The van der Waals surface area contributed by atoms with Gasteiger partial charge in [-0.3, -0.25) is 4.79 Å². The molecule has 0 radical (unpaired) electrons. The molecule has 5 nitrogen and oxygen atoms in total. The summed E-state index contributed by atoms with van der Waals surface area (Å²) in [5, 5.41) is 5.15. The van der Waals surface area contributed by atoms with Crippen LogP contribution in [0.5, 0.6) is 5.75 Å². The zero-order chi connectivity index (χ0) is 22.3. The van der Waals surface area contributed by atoms with Gasteiger partial charge in [0.15, 0.2) is 5.78 Å². The number of hydrogen-bond acceptors (Lipinski definition) is 4. The van der Waals surface area contributed by atoms with E-state index < -0.39 is 10.0 Å². The molecule has 0 aliphatic heterocycles. The van der Waals surface area contributed by atoms with E-state index >= 15 is 0 Å². The Balaban J connectivity index is 1.19. The Morgan fingerprint density at radius 1 is 1.00 bits per heavy atom. The van der Waals surface area contributed by atoms with Crippen LogP contribution in [0.25, 0.3) is 0 Å². The van der Waals surface area contributed by atoms with E-state index in [2.05, 4.69) is 12.1 Å². The molecule has 168 valence electrons. The Kier molecular flexibility index (Phi) is 5.46. The predicted octanol–water partition coefficient (Wildman–Crippen LogP) is 4.51. The fraction of sp³-hybridized carbons (Fsp3) is 0.423. The maximum Gasteiger partial charge on any atom is 0.238 e. The van der Waals surface area contributed by atoms with Gasteiger partial charge in [-0.15, -0.1) is 0 Å². The molecule has 0 aromatic heterocycles. The van der Waals surface area contributed by atoms with Crippen LogP contribution in [0.3, 0.4) is 0 Å². The van der Waals surface area contributed by atoms with Crippen molar-refractivity contribution in [3.05, 3.63) is 72.0 Å². The van der Waals surface area contributed by atoms with Crippen LogP contribution in [0.4, 0.5) is 0 Å². The first kappa shape index (κ1) is 21.4. The van der Waals surface area contributed by atoms with Crippen molar-refractivity contribution < 1.29 is 17.9 Å². The van der Waals surface area contributed by atoms with Crippen molar-refractivity contribution >= 4 is 15.8 Å². The Morgan fingerprint density at radius 2 is 1.62 bits per heavy atom. The first-order valence-electron chi connectivity index (χ1n) is 11.4. The van der Waals surface area contributed by atoms with Crippen LogP contribution in [0.1, 0.15) is 49.7 Å². The number of rotatable bonds is 7. The van der Waals surface area contributed by atoms with E-state index in [1.54, 1.807) is 12.1 Å². The van der Waals surface area contributed by atoms with Gasteiger partial charge in [-0.25, -0.2) is 13.6 Å². The van der Waals surface area contributed by atoms with Gasteiger partial charge in [0, 0.05) is 12.5 Å². The molecule has 32 heavy (non-hydrogen) atoms. The summed E-state index contributed by atoms with van der Waals surface area (Å²) in [5.41, 5.74) is 2.40. The number of ether oxygens (including phenoxy) is 1. The molecule has 6 heteroatoms. The minimum Gasteiger partial charge on any atom is -0.465 e. The van der Waals surface area contributed by atoms with Crippen molar-refractivity contribution in [3.63, 3.8) is 0 Å². The molecule has 4 aliphatic rings. The number of carbonyl (C=O) groups excluding carboxylic acids is 1. The molecule has 2 aromatic carbocycles. The third kappa shape index (κ3) is 4.39. The third-order valence-corrected chi connectivity index (χ3v) is 8.48. The number of allylic oxidation sites excluding steroid dienone is 1. The van der Waals surface area contributed by atoms with Gasteiger partial charge in [0.25, 0.3) is 0 Å². The van der Waals surface area contributed by atoms with E-state index in [0.29, 0.717) is 16.7 Å². The monoisotopic (exact) mass is 451 g/mol. The molecular weight excluding hydrogens is 422 g/mol. The van der Waals surface area contributed by atoms with Crippen molar-refractivity contribution in [2.45, 2.75) is 55.3 Å². The van der Waals surface area contributed by atoms with Gasteiger partial charge in [-0.05, 0) is 97.1 Å². The van der Waals surface area contributed by atoms with Crippen molar-refractivity contribution in [2.24, 2.45) is 22.9 Å². The highest BCUT2D eigenvalue weighted by atomic mass is 32.2. The molecule has 4 bridgehead atoms. The lowest BCUT2D eigenvalue weighted by atomic mass is 9.48. The summed E-state index contributed by atoms with van der Waals surface area (Å²) in [5.74, 6) is 3.27. The third-order valence-electron chi connectivity index (χ3n) is 7.57. The second kappa shape index (κ2) is 8.16. The van der Waals surface area contributed by atoms with E-state index in [0.717, 1.165) is 17.8 Å². The lowest BCUT2D eigenvalue weighted by Crippen LogP contribution is -2.48. The van der Waals surface area contributed by atoms with E-state index in [1.807, 2.05) is 12.1 Å². The standard InChI is InChI=1S/C26H29NO4S/c27-32(29,30)25-3-1-2-18(14-25)13-23(28)8-9-31-24-6-4-22(5-7-24)26-15-19-10-20(16-26)12-21(11-19)17-26/h1-9,14,19-21H,10-13,15-17H2,(H2,27,29,30)/b9-8+. The van der Waals surface area contributed by atoms with Crippen molar-refractivity contribution in [3.8, 4) is 5.75 Å². The molecule has 0 saturated heterocycles. The molecular formula is C26H29NO4S. The van der Waals surface area contributed by atoms with Gasteiger partial charge < -0.3 is 4.74 Å². The second-order valence-corrected chi connectivity index (χ2v) is 11.5. The van der Waals surface area contributed by atoms with E-state index in [-0.39, 0.29) is 17.1 Å². The molecule has 6 rings (SSSR count). The molecule has 4 fully saturated rings. The first-order valence-corrected chi connectivity index (χ1v) is 12.9. The number of carbonyl (C=O) groups is 1. The number of ketones is 1. The van der Waals surface area contributed by atoms with Gasteiger partial charge in [-0.1, -0.05) is 24.3 Å². The topological polar surface area (TPSA) is 86.5 Å². The van der Waals surface area contributed by atoms with Crippen LogP contribution in [-0.2, 0) is 26.7 Å². The normalized spacial score (nSPS) is 28.8. The Labute approximate surface area is 189 Å². The number of benzene rings is 2. The Hall–Kier alpha value is -2.44. The maximum atomic E-state index is 12.2. The zero-order valence-corrected chi connectivity index (χ0v) is 18.9. The molecule has 4 saturated carbocycles. The highest BCUT2D eigenvalue weighted by molar-refractivity contribution is 7.89. The Morgan fingerprint density at radius 3 is 2.22 bits per heavy atom. The summed E-state index contributed by atoms with van der Waals surface area (Å²) in [6, 6.07) is 14.5. The number of nitrogens with two attached hydrogens (primary N) is 1. The summed E-state index contributed by atoms with van der Waals surface area (Å²) in [6.45, 7) is 0. The van der Waals surface area contributed by atoms with E-state index in [4.69, 9.17) is 9.88 Å². The average Bonchev–Trinajstić information content (AvgIpc) is 2.73. The number of hydrogen-bond donors (Lipinski definition) is 1. The van der Waals surface area contributed by atoms with Crippen LogP contribution >= 0.6 is 0 Å². The average molecular weight is 452 g/mol. The van der Waals surface area contributed by atoms with Gasteiger partial charge in [0.2, 0.25) is 10.0 Å². The van der Waals surface area contributed by atoms with Gasteiger partial charge in [0.05, 0.1) is 11.2 Å². The fourth-order valence-electron chi connectivity index (χ4n) is 6.63. The minimum atomic E-state index is -3.79. The largest absolute Gasteiger partial charge is 0.465 e. The summed E-state index contributed by atoms with van der Waals surface area (Å²) < 4.78 is 28.6. The van der Waals surface area contributed by atoms with Crippen LogP contribution in [-0.4, -0.2) is 14.2 Å². The maximum absolute atomic E-state index is 12.2. The molecule has 4 aliphatic carbocycles. The first-order chi connectivity index (χ1) is 15.3. The Bertz CT molecular complexity index is 1120. The summed E-state index contributed by atoms with van der Waals surface area (Å²) in [7, 11) is -3.79. The van der Waals surface area contributed by atoms with Gasteiger partial charge in [0.1, 0.15) is 5.75 Å². The molecule has 0 amide bonds. The SMILES string of the molecule is NS(=O)(=O)c1cccc(CC(=O)/C=C/Oc2ccc(C34CC5CC(CC(C5)C3)C4)cc2)c1. The van der Waals surface area contributed by atoms with Crippen LogP contribution in [0.2, 0.25) is 0 Å². The minimum absolute atomic E-state index is 0.00198. The van der Waals surface area contributed by atoms with Gasteiger partial charge >= 0.3 is 0 Å². The van der Waals surface area contributed by atoms with E-state index in [9.17, 15) is 13.2 Å². The van der Waals surface area contributed by atoms with Crippen molar-refractivity contribution in [2.75, 3.05) is 0 Å². The van der Waals surface area contributed by atoms with Gasteiger partial charge in [-0.2, -0.15) is 0 Å². The van der Waals surface area contributed by atoms with E-state index in [1.165, 1.54) is 68.6 Å². The smallest absolute Gasteiger partial charge is 0.238 e. The molecule has 0 atom stereocenters. The van der Waals surface area contributed by atoms with Crippen LogP contribution in [0, 0.1) is 17.8 Å². The van der Waals surface area contributed by atoms with Crippen molar-refractivity contribution in [1.82, 2.24) is 0 Å². The molecule has 2 aromatic rings. The summed E-state index contributed by atoms with van der Waals surface area (Å²) in [4.78, 5) is 12.2. The molecule has 2 N–H and O–H groups in total. The lowest BCUT2D eigenvalue weighted by molar-refractivity contribution is -0.114. The van der Waals surface area contributed by atoms with Crippen LogP contribution in [0.15, 0.2) is 65.8 Å². The predicted molar refractivity (Wildman–Crippen MR) is 123 cm³/mol. The van der Waals surface area contributed by atoms with Crippen LogP contribution < -0.4 is 9.88 Å². The highest BCUT2D eigenvalue weighted by Crippen LogP contribution is 2.60. The molecule has 0 heterocycles. The van der Waals surface area contributed by atoms with Crippen molar-refractivity contribution in [1.29, 1.82) is 0 Å². The highest BCUT2D eigenvalue weighted by Gasteiger charge is 2.51. The number of sulfonamides is 1. The number of primary sulfonamides is 1. The summed E-state index contributed by atoms with van der Waals surface area (Å²) in [6.07, 6.45) is 11.2. The quantitative estimate of drug-likeness (QED) is 0.496. The molecule has 0 unspecified atom stereocenters. The zero-order valence-electron chi connectivity index (χ0n) is 18.1. The lowest BCUT2D eigenvalue weighted by Gasteiger charge is -2.57. The molecule has 0 spiro atoms. The fourth-order valence-corrected chi connectivity index (χ4v) is 7.22. The second-order valence-electron chi connectivity index (χ2n) is 9.98.